The Morgan fingerprint density at radius 1 is 1.20 bits per heavy atom. The summed E-state index contributed by atoms with van der Waals surface area (Å²) in [5.41, 5.74) is -0.177. The second kappa shape index (κ2) is 5.80. The predicted octanol–water partition coefficient (Wildman–Crippen LogP) is 2.14. The first-order valence-electron chi connectivity index (χ1n) is 8.42. The Morgan fingerprint density at radius 2 is 1.88 bits per heavy atom. The van der Waals surface area contributed by atoms with Gasteiger partial charge < -0.3 is 14.4 Å². The van der Waals surface area contributed by atoms with Crippen molar-refractivity contribution < 1.29 is 9.31 Å². The van der Waals surface area contributed by atoms with E-state index in [0.29, 0.717) is 24.3 Å². The van der Waals surface area contributed by atoms with E-state index < -0.39 is 21.9 Å². The van der Waals surface area contributed by atoms with Crippen LogP contribution in [0.5, 0.6) is 0 Å². The molecular weight excluding hydrogens is 327 g/mol. The Kier molecular flexibility index (Phi) is 3.72. The van der Waals surface area contributed by atoms with Gasteiger partial charge in [-0.15, -0.1) is 0 Å². The Hall–Kier alpha value is -2.48. The van der Waals surface area contributed by atoms with E-state index >= 15 is 0 Å². The molecule has 8 heteroatoms. The molecule has 1 aromatic heterocycles. The maximum atomic E-state index is 14.7. The monoisotopic (exact) mass is 346 g/mol. The average molecular weight is 346 g/mol. The molecule has 2 heterocycles. The van der Waals surface area contributed by atoms with Crippen LogP contribution in [-0.4, -0.2) is 47.6 Å². The fraction of sp³-hybridized carbons (Fsp3) is 0.471. The Labute approximate surface area is 143 Å². The van der Waals surface area contributed by atoms with Gasteiger partial charge in [-0.3, -0.25) is 14.9 Å². The molecule has 2 aromatic rings. The molecule has 7 nitrogen and oxygen atoms in total. The lowest BCUT2D eigenvalue weighted by Crippen LogP contribution is -2.44. The van der Waals surface area contributed by atoms with Crippen LogP contribution in [-0.2, 0) is 0 Å². The number of anilines is 1. The molecule has 0 atom stereocenters. The number of halogens is 1. The number of piperazine rings is 1. The van der Waals surface area contributed by atoms with E-state index in [1.807, 2.05) is 11.9 Å². The zero-order valence-corrected chi connectivity index (χ0v) is 13.9. The minimum absolute atomic E-state index is 0.0801. The van der Waals surface area contributed by atoms with Gasteiger partial charge in [-0.2, -0.15) is 0 Å². The molecule has 0 amide bonds. The summed E-state index contributed by atoms with van der Waals surface area (Å²) in [6.07, 6.45) is 3.14. The summed E-state index contributed by atoms with van der Waals surface area (Å²) in [4.78, 5) is 27.0. The lowest BCUT2D eigenvalue weighted by molar-refractivity contribution is -0.386. The summed E-state index contributed by atoms with van der Waals surface area (Å²) < 4.78 is 16.5. The summed E-state index contributed by atoms with van der Waals surface area (Å²) in [6, 6.07) is 2.99. The van der Waals surface area contributed by atoms with E-state index in [1.165, 1.54) is 6.20 Å². The van der Waals surface area contributed by atoms with Crippen LogP contribution in [0.2, 0.25) is 0 Å². The Morgan fingerprint density at radius 3 is 2.48 bits per heavy atom. The molecule has 25 heavy (non-hydrogen) atoms. The summed E-state index contributed by atoms with van der Waals surface area (Å²) >= 11 is 0. The minimum Gasteiger partial charge on any atom is -0.367 e. The number of fused-ring (bicyclic) bond motifs is 1. The van der Waals surface area contributed by atoms with Crippen molar-refractivity contribution in [1.82, 2.24) is 9.47 Å². The third-order valence-electron chi connectivity index (χ3n) is 5.06. The van der Waals surface area contributed by atoms with Crippen molar-refractivity contribution in [2.75, 3.05) is 38.1 Å². The number of rotatable bonds is 3. The highest BCUT2D eigenvalue weighted by molar-refractivity contribution is 5.85. The van der Waals surface area contributed by atoms with Crippen molar-refractivity contribution in [3.8, 4) is 0 Å². The van der Waals surface area contributed by atoms with Gasteiger partial charge in [0.25, 0.3) is 5.43 Å². The number of aromatic nitrogens is 1. The number of likely N-dealkylation sites (N-methyl/N-ethyl adjacent to an activating group) is 1. The third-order valence-corrected chi connectivity index (χ3v) is 5.06. The van der Waals surface area contributed by atoms with E-state index in [0.717, 1.165) is 32.0 Å². The van der Waals surface area contributed by atoms with Crippen LogP contribution in [0.4, 0.5) is 15.8 Å². The molecule has 0 bridgehead atoms. The van der Waals surface area contributed by atoms with Crippen molar-refractivity contribution in [1.29, 1.82) is 0 Å². The molecule has 0 unspecified atom stereocenters. The molecule has 0 spiro atoms. The van der Waals surface area contributed by atoms with E-state index in [4.69, 9.17) is 0 Å². The average Bonchev–Trinajstić information content (AvgIpc) is 3.41. The van der Waals surface area contributed by atoms with E-state index in [2.05, 4.69) is 4.90 Å². The van der Waals surface area contributed by atoms with Crippen molar-refractivity contribution in [2.24, 2.45) is 0 Å². The van der Waals surface area contributed by atoms with Gasteiger partial charge in [0.05, 0.1) is 27.7 Å². The van der Waals surface area contributed by atoms with Crippen LogP contribution in [0.3, 0.4) is 0 Å². The van der Waals surface area contributed by atoms with Gasteiger partial charge in [0, 0.05) is 32.2 Å². The quantitative estimate of drug-likeness (QED) is 0.629. The fourth-order valence-electron chi connectivity index (χ4n) is 3.42. The minimum atomic E-state index is -0.722. The van der Waals surface area contributed by atoms with Gasteiger partial charge in [-0.25, -0.2) is 4.39 Å². The number of benzene rings is 1. The molecule has 0 N–H and O–H groups in total. The maximum Gasteiger partial charge on any atom is 0.332 e. The highest BCUT2D eigenvalue weighted by Gasteiger charge is 2.29. The molecule has 2 fully saturated rings. The topological polar surface area (TPSA) is 71.6 Å². The SMILES string of the molecule is CN1CCN(c2cc3c(cc2F)c(=O)c([N+](=O)[O-])cn3C2CC2)CC1. The summed E-state index contributed by atoms with van der Waals surface area (Å²) in [5, 5.41) is 11.3. The highest BCUT2D eigenvalue weighted by Crippen LogP contribution is 2.38. The van der Waals surface area contributed by atoms with Crippen molar-refractivity contribution in [3.63, 3.8) is 0 Å². The Bertz CT molecular complexity index is 914. The number of nitrogens with zero attached hydrogens (tertiary/aromatic N) is 4. The largest absolute Gasteiger partial charge is 0.367 e. The van der Waals surface area contributed by atoms with Gasteiger partial charge in [-0.05, 0) is 32.0 Å². The van der Waals surface area contributed by atoms with Gasteiger partial charge in [-0.1, -0.05) is 0 Å². The zero-order valence-electron chi connectivity index (χ0n) is 13.9. The van der Waals surface area contributed by atoms with E-state index in [9.17, 15) is 19.3 Å². The smallest absolute Gasteiger partial charge is 0.332 e. The first kappa shape index (κ1) is 16.0. The predicted molar refractivity (Wildman–Crippen MR) is 92.8 cm³/mol. The van der Waals surface area contributed by atoms with Gasteiger partial charge in [0.15, 0.2) is 0 Å². The number of hydrogen-bond acceptors (Lipinski definition) is 5. The maximum absolute atomic E-state index is 14.7. The standard InChI is InChI=1S/C17H19FN4O3/c1-19-4-6-20(7-5-19)15-9-14-12(8-13(15)18)17(23)16(22(24)25)10-21(14)11-2-3-11/h8-11H,2-7H2,1H3. The normalized spacial score (nSPS) is 18.7. The lowest BCUT2D eigenvalue weighted by Gasteiger charge is -2.34. The van der Waals surface area contributed by atoms with Crippen LogP contribution < -0.4 is 10.3 Å². The Balaban J connectivity index is 1.90. The van der Waals surface area contributed by atoms with Crippen LogP contribution >= 0.6 is 0 Å². The molecular formula is C17H19FN4O3. The van der Waals surface area contributed by atoms with Crippen molar-refractivity contribution in [3.05, 3.63) is 44.5 Å². The molecule has 4 rings (SSSR count). The second-order valence-electron chi connectivity index (χ2n) is 6.85. The molecule has 2 aliphatic rings. The summed E-state index contributed by atoms with van der Waals surface area (Å²) in [6.45, 7) is 3.10. The van der Waals surface area contributed by atoms with Gasteiger partial charge in [0.1, 0.15) is 5.82 Å². The molecule has 1 aliphatic heterocycles. The van der Waals surface area contributed by atoms with Crippen LogP contribution in [0.1, 0.15) is 18.9 Å². The number of nitro groups is 1. The van der Waals surface area contributed by atoms with Gasteiger partial charge in [0.2, 0.25) is 0 Å². The number of pyridine rings is 1. The van der Waals surface area contributed by atoms with E-state index in [-0.39, 0.29) is 11.4 Å². The van der Waals surface area contributed by atoms with Crippen molar-refractivity contribution in [2.45, 2.75) is 18.9 Å². The third kappa shape index (κ3) is 2.76. The molecule has 1 aromatic carbocycles. The lowest BCUT2D eigenvalue weighted by atomic mass is 10.1. The summed E-state index contributed by atoms with van der Waals surface area (Å²) in [5.74, 6) is -0.503. The molecule has 1 saturated carbocycles. The van der Waals surface area contributed by atoms with Crippen LogP contribution in [0.25, 0.3) is 10.9 Å². The molecule has 132 valence electrons. The number of hydrogen-bond donors (Lipinski definition) is 0. The first-order chi connectivity index (χ1) is 12.0. The van der Waals surface area contributed by atoms with Gasteiger partial charge >= 0.3 is 5.69 Å². The van der Waals surface area contributed by atoms with Crippen LogP contribution in [0, 0.1) is 15.9 Å². The molecule has 1 aliphatic carbocycles. The molecule has 1 saturated heterocycles. The highest BCUT2D eigenvalue weighted by atomic mass is 19.1. The van der Waals surface area contributed by atoms with Crippen molar-refractivity contribution >= 4 is 22.3 Å². The fourth-order valence-corrected chi connectivity index (χ4v) is 3.42. The first-order valence-corrected chi connectivity index (χ1v) is 8.42. The molecule has 0 radical (unpaired) electrons. The second-order valence-corrected chi connectivity index (χ2v) is 6.85. The summed E-state index contributed by atoms with van der Waals surface area (Å²) in [7, 11) is 2.03. The van der Waals surface area contributed by atoms with Crippen LogP contribution in [0.15, 0.2) is 23.1 Å². The zero-order chi connectivity index (χ0) is 17.7. The van der Waals surface area contributed by atoms with E-state index in [1.54, 1.807) is 10.6 Å².